The molecule has 2 nitrogen and oxygen atoms in total. The molecule has 0 aromatic heterocycles. The van der Waals surface area contributed by atoms with Crippen LogP contribution in [0.25, 0.3) is 0 Å². The van der Waals surface area contributed by atoms with Crippen LogP contribution in [-0.4, -0.2) is 11.1 Å². The number of carboxylic acids is 1. The van der Waals surface area contributed by atoms with Crippen LogP contribution < -0.4 is 0 Å². The average molecular weight is 296 g/mol. The number of aliphatic carboxylic acids is 1. The molecule has 0 amide bonds. The van der Waals surface area contributed by atoms with E-state index >= 15 is 0 Å². The van der Waals surface area contributed by atoms with E-state index in [0.29, 0.717) is 6.42 Å². The molecule has 0 unspecified atom stereocenters. The zero-order chi connectivity index (χ0) is 15.2. The van der Waals surface area contributed by atoms with E-state index in [1.807, 2.05) is 0 Å². The maximum Gasteiger partial charge on any atom is 0.303 e. The molecule has 0 aromatic carbocycles. The van der Waals surface area contributed by atoms with Crippen LogP contribution in [0.3, 0.4) is 0 Å². The van der Waals surface area contributed by atoms with Crippen molar-refractivity contribution < 1.29 is 9.90 Å². The summed E-state index contributed by atoms with van der Waals surface area (Å²) in [7, 11) is 0. The van der Waals surface area contributed by atoms with E-state index in [0.717, 1.165) is 18.8 Å². The Morgan fingerprint density at radius 2 is 1.19 bits per heavy atom. The molecule has 0 aromatic rings. The number of hydrogen-bond acceptors (Lipinski definition) is 1. The predicted molar refractivity (Wildman–Crippen MR) is 89.6 cm³/mol. The Labute approximate surface area is 131 Å². The van der Waals surface area contributed by atoms with Crippen molar-refractivity contribution in [1.82, 2.24) is 0 Å². The van der Waals surface area contributed by atoms with Crippen LogP contribution in [0.1, 0.15) is 109 Å². The largest absolute Gasteiger partial charge is 0.481 e. The molecule has 0 aliphatic heterocycles. The van der Waals surface area contributed by atoms with Gasteiger partial charge in [-0.1, -0.05) is 96.3 Å². The van der Waals surface area contributed by atoms with E-state index in [1.54, 1.807) is 0 Å². The minimum atomic E-state index is -0.650. The maximum absolute atomic E-state index is 10.4. The first-order valence-corrected chi connectivity index (χ1v) is 9.51. The van der Waals surface area contributed by atoms with Gasteiger partial charge in [0.1, 0.15) is 0 Å². The van der Waals surface area contributed by atoms with Crippen LogP contribution in [0.5, 0.6) is 0 Å². The van der Waals surface area contributed by atoms with Crippen molar-refractivity contribution in [2.45, 2.75) is 109 Å². The van der Waals surface area contributed by atoms with E-state index in [-0.39, 0.29) is 0 Å². The van der Waals surface area contributed by atoms with E-state index < -0.39 is 5.97 Å². The minimum Gasteiger partial charge on any atom is -0.481 e. The molecule has 1 aliphatic carbocycles. The summed E-state index contributed by atoms with van der Waals surface area (Å²) in [6, 6.07) is 0. The first kappa shape index (κ1) is 18.5. The zero-order valence-corrected chi connectivity index (χ0v) is 14.0. The van der Waals surface area contributed by atoms with Crippen LogP contribution >= 0.6 is 0 Å². The van der Waals surface area contributed by atoms with Gasteiger partial charge in [0.05, 0.1) is 0 Å². The van der Waals surface area contributed by atoms with Gasteiger partial charge in [0.15, 0.2) is 0 Å². The molecule has 0 atom stereocenters. The van der Waals surface area contributed by atoms with Crippen LogP contribution in [0, 0.1) is 5.92 Å². The molecule has 0 bridgehead atoms. The molecule has 21 heavy (non-hydrogen) atoms. The number of unbranched alkanes of at least 4 members (excludes halogenated alkanes) is 9. The first-order valence-electron chi connectivity index (χ1n) is 9.51. The third-order valence-electron chi connectivity index (χ3n) is 4.98. The lowest BCUT2D eigenvalue weighted by atomic mass is 9.85. The van der Waals surface area contributed by atoms with Crippen molar-refractivity contribution in [2.24, 2.45) is 5.92 Å². The summed E-state index contributed by atoms with van der Waals surface area (Å²) in [4.78, 5) is 10.4. The second kappa shape index (κ2) is 13.2. The first-order chi connectivity index (χ1) is 10.3. The minimum absolute atomic E-state index is 0.348. The van der Waals surface area contributed by atoms with Crippen molar-refractivity contribution in [3.8, 4) is 0 Å². The van der Waals surface area contributed by atoms with Crippen LogP contribution in [-0.2, 0) is 4.79 Å². The predicted octanol–water partition coefficient (Wildman–Crippen LogP) is 6.33. The van der Waals surface area contributed by atoms with Gasteiger partial charge >= 0.3 is 5.97 Å². The second-order valence-corrected chi connectivity index (χ2v) is 6.97. The highest BCUT2D eigenvalue weighted by atomic mass is 16.4. The van der Waals surface area contributed by atoms with Gasteiger partial charge in [-0.05, 0) is 12.3 Å². The third kappa shape index (κ3) is 11.8. The van der Waals surface area contributed by atoms with Gasteiger partial charge in [-0.3, -0.25) is 4.79 Å². The van der Waals surface area contributed by atoms with Gasteiger partial charge < -0.3 is 5.11 Å². The number of rotatable bonds is 13. The highest BCUT2D eigenvalue weighted by molar-refractivity contribution is 5.66. The molecule has 0 spiro atoms. The monoisotopic (exact) mass is 296 g/mol. The topological polar surface area (TPSA) is 37.3 Å². The highest BCUT2D eigenvalue weighted by Crippen LogP contribution is 2.28. The normalized spacial score (nSPS) is 16.2. The van der Waals surface area contributed by atoms with Crippen LogP contribution in [0.15, 0.2) is 0 Å². The van der Waals surface area contributed by atoms with Gasteiger partial charge in [-0.25, -0.2) is 0 Å². The lowest BCUT2D eigenvalue weighted by Gasteiger charge is -2.21. The molecule has 1 N–H and O–H groups in total. The van der Waals surface area contributed by atoms with Crippen molar-refractivity contribution >= 4 is 5.97 Å². The lowest BCUT2D eigenvalue weighted by Crippen LogP contribution is -2.05. The Kier molecular flexibility index (Phi) is 11.6. The van der Waals surface area contributed by atoms with Gasteiger partial charge in [-0.2, -0.15) is 0 Å². The summed E-state index contributed by atoms with van der Waals surface area (Å²) >= 11 is 0. The van der Waals surface area contributed by atoms with E-state index in [2.05, 4.69) is 0 Å². The molecule has 2 heteroatoms. The maximum atomic E-state index is 10.4. The Bertz CT molecular complexity index is 244. The van der Waals surface area contributed by atoms with Gasteiger partial charge in [0.25, 0.3) is 0 Å². The molecular formula is C19H36O2. The van der Waals surface area contributed by atoms with Crippen molar-refractivity contribution in [3.05, 3.63) is 0 Å². The van der Waals surface area contributed by atoms with Crippen LogP contribution in [0.2, 0.25) is 0 Å². The van der Waals surface area contributed by atoms with E-state index in [4.69, 9.17) is 5.11 Å². The Morgan fingerprint density at radius 3 is 1.71 bits per heavy atom. The molecule has 1 saturated carbocycles. The molecule has 1 aliphatic rings. The molecule has 0 radical (unpaired) electrons. The summed E-state index contributed by atoms with van der Waals surface area (Å²) in [6.45, 7) is 0. The second-order valence-electron chi connectivity index (χ2n) is 6.97. The zero-order valence-electron chi connectivity index (χ0n) is 14.0. The fourth-order valence-corrected chi connectivity index (χ4v) is 3.60. The molecular weight excluding hydrogens is 260 g/mol. The lowest BCUT2D eigenvalue weighted by molar-refractivity contribution is -0.137. The Hall–Kier alpha value is -0.530. The molecule has 1 fully saturated rings. The van der Waals surface area contributed by atoms with E-state index in [9.17, 15) is 4.79 Å². The Balaban J connectivity index is 1.71. The quantitative estimate of drug-likeness (QED) is 0.403. The smallest absolute Gasteiger partial charge is 0.303 e. The summed E-state index contributed by atoms with van der Waals surface area (Å²) in [5, 5.41) is 8.54. The summed E-state index contributed by atoms with van der Waals surface area (Å²) < 4.78 is 0. The van der Waals surface area contributed by atoms with Crippen LogP contribution in [0.4, 0.5) is 0 Å². The molecule has 0 saturated heterocycles. The fraction of sp³-hybridized carbons (Fsp3) is 0.947. The molecule has 124 valence electrons. The number of carbonyl (C=O) groups is 1. The summed E-state index contributed by atoms with van der Waals surface area (Å²) in [5.74, 6) is 0.410. The highest BCUT2D eigenvalue weighted by Gasteiger charge is 2.12. The van der Waals surface area contributed by atoms with Gasteiger partial charge in [0, 0.05) is 6.42 Å². The molecule has 0 heterocycles. The van der Waals surface area contributed by atoms with Gasteiger partial charge in [0.2, 0.25) is 0 Å². The average Bonchev–Trinajstić information content (AvgIpc) is 2.49. The Morgan fingerprint density at radius 1 is 0.714 bits per heavy atom. The van der Waals surface area contributed by atoms with Gasteiger partial charge in [-0.15, -0.1) is 0 Å². The number of carboxylic acid groups (broad SMARTS) is 1. The standard InChI is InChI=1S/C19H36O2/c20-19(21)17-13-8-6-4-2-1-3-5-7-10-14-18-15-11-9-12-16-18/h18H,1-17H2,(H,20,21). The van der Waals surface area contributed by atoms with Crippen molar-refractivity contribution in [1.29, 1.82) is 0 Å². The van der Waals surface area contributed by atoms with E-state index in [1.165, 1.54) is 89.9 Å². The summed E-state index contributed by atoms with van der Waals surface area (Å²) in [5.41, 5.74) is 0. The van der Waals surface area contributed by atoms with Crippen molar-refractivity contribution in [3.63, 3.8) is 0 Å². The third-order valence-corrected chi connectivity index (χ3v) is 4.98. The fourth-order valence-electron chi connectivity index (χ4n) is 3.60. The molecule has 1 rings (SSSR count). The SMILES string of the molecule is O=C(O)CCCCCCCCCCCCC1CCCCC1. The van der Waals surface area contributed by atoms with Crippen molar-refractivity contribution in [2.75, 3.05) is 0 Å². The summed E-state index contributed by atoms with van der Waals surface area (Å²) in [6.07, 6.45) is 22.2. The number of hydrogen-bond donors (Lipinski definition) is 1.